The molecule has 32 heavy (non-hydrogen) atoms. The minimum atomic E-state index is -0.722. The monoisotopic (exact) mass is 454 g/mol. The molecule has 0 bridgehead atoms. The van der Waals surface area contributed by atoms with Gasteiger partial charge in [0.25, 0.3) is 11.7 Å². The Bertz CT molecular complexity index is 1030. The molecule has 0 radical (unpaired) electrons. The van der Waals surface area contributed by atoms with Crippen molar-refractivity contribution in [3.63, 3.8) is 0 Å². The van der Waals surface area contributed by atoms with E-state index >= 15 is 0 Å². The minimum Gasteiger partial charge on any atom is -0.507 e. The lowest BCUT2D eigenvalue weighted by Gasteiger charge is -2.26. The third-order valence-corrected chi connectivity index (χ3v) is 5.46. The summed E-state index contributed by atoms with van der Waals surface area (Å²) in [6.07, 6.45) is 2.32. The zero-order valence-electron chi connectivity index (χ0n) is 18.3. The first-order valence-electron chi connectivity index (χ1n) is 10.4. The number of carbonyl (C=O) groups is 2. The molecule has 0 spiro atoms. The van der Waals surface area contributed by atoms with Crippen LogP contribution in [0.4, 0.5) is 0 Å². The van der Waals surface area contributed by atoms with Gasteiger partial charge >= 0.3 is 0 Å². The molecule has 1 heterocycles. The van der Waals surface area contributed by atoms with Crippen LogP contribution in [0.25, 0.3) is 5.76 Å². The Morgan fingerprint density at radius 1 is 1.22 bits per heavy atom. The van der Waals surface area contributed by atoms with Crippen molar-refractivity contribution < 1.29 is 19.4 Å². The van der Waals surface area contributed by atoms with Crippen LogP contribution in [0.3, 0.4) is 0 Å². The number of rotatable bonds is 9. The molecular formula is C25H27ClN2O4. The van der Waals surface area contributed by atoms with Gasteiger partial charge in [0.2, 0.25) is 0 Å². The predicted octanol–water partition coefficient (Wildman–Crippen LogP) is 4.28. The molecule has 1 N–H and O–H groups in total. The number of likely N-dealkylation sites (tertiary alicyclic amines) is 1. The molecule has 1 atom stereocenters. The van der Waals surface area contributed by atoms with Crippen molar-refractivity contribution in [3.05, 3.63) is 82.9 Å². The van der Waals surface area contributed by atoms with E-state index in [0.29, 0.717) is 41.5 Å². The van der Waals surface area contributed by atoms with Gasteiger partial charge in [-0.2, -0.15) is 0 Å². The Labute approximate surface area is 193 Å². The van der Waals surface area contributed by atoms with Crippen molar-refractivity contribution in [1.29, 1.82) is 0 Å². The van der Waals surface area contributed by atoms with E-state index in [1.807, 2.05) is 25.1 Å². The third-order valence-electron chi connectivity index (χ3n) is 5.20. The largest absolute Gasteiger partial charge is 0.507 e. The summed E-state index contributed by atoms with van der Waals surface area (Å²) in [5, 5.41) is 11.6. The second-order valence-corrected chi connectivity index (χ2v) is 8.26. The average molecular weight is 455 g/mol. The molecule has 3 rings (SSSR count). The first-order chi connectivity index (χ1) is 15.3. The number of benzene rings is 2. The molecule has 2 aromatic rings. The van der Waals surface area contributed by atoms with E-state index in [9.17, 15) is 14.7 Å². The Morgan fingerprint density at radius 3 is 2.59 bits per heavy atom. The molecule has 1 saturated heterocycles. The van der Waals surface area contributed by atoms with Gasteiger partial charge in [0.15, 0.2) is 0 Å². The van der Waals surface area contributed by atoms with E-state index in [0.717, 1.165) is 6.54 Å². The zero-order valence-corrected chi connectivity index (χ0v) is 19.0. The highest BCUT2D eigenvalue weighted by molar-refractivity contribution is 6.46. The van der Waals surface area contributed by atoms with Crippen LogP contribution < -0.4 is 4.74 Å². The van der Waals surface area contributed by atoms with Gasteiger partial charge in [-0.25, -0.2) is 0 Å². The summed E-state index contributed by atoms with van der Waals surface area (Å²) in [4.78, 5) is 29.6. The van der Waals surface area contributed by atoms with E-state index in [2.05, 4.69) is 6.58 Å². The second-order valence-electron chi connectivity index (χ2n) is 7.83. The lowest BCUT2D eigenvalue weighted by molar-refractivity contribution is -0.139. The van der Waals surface area contributed by atoms with Gasteiger partial charge in [-0.1, -0.05) is 36.4 Å². The van der Waals surface area contributed by atoms with Crippen LogP contribution in [0.1, 0.15) is 23.6 Å². The van der Waals surface area contributed by atoms with Gasteiger partial charge in [-0.15, -0.1) is 0 Å². The molecule has 0 aromatic heterocycles. The highest BCUT2D eigenvalue weighted by Gasteiger charge is 2.45. The van der Waals surface area contributed by atoms with Crippen LogP contribution in [-0.4, -0.2) is 60.4 Å². The molecule has 1 aliphatic heterocycles. The van der Waals surface area contributed by atoms with Crippen LogP contribution >= 0.6 is 11.6 Å². The van der Waals surface area contributed by atoms with E-state index in [4.69, 9.17) is 16.3 Å². The maximum Gasteiger partial charge on any atom is 0.295 e. The summed E-state index contributed by atoms with van der Waals surface area (Å²) >= 11 is 5.97. The molecule has 168 valence electrons. The van der Waals surface area contributed by atoms with Gasteiger partial charge in [0.1, 0.15) is 18.1 Å². The Kier molecular flexibility index (Phi) is 7.72. The number of Topliss-reactive ketones (excluding diaryl/α,β-unsaturated/α-hetero) is 1. The number of aliphatic hydroxyl groups excluding tert-OH is 1. The number of aliphatic hydroxyl groups is 1. The second kappa shape index (κ2) is 10.5. The molecule has 6 nitrogen and oxygen atoms in total. The number of hydrogen-bond donors (Lipinski definition) is 1. The van der Waals surface area contributed by atoms with Crippen molar-refractivity contribution in [2.24, 2.45) is 0 Å². The van der Waals surface area contributed by atoms with Crippen LogP contribution in [0.5, 0.6) is 5.75 Å². The first kappa shape index (κ1) is 23.6. The van der Waals surface area contributed by atoms with Crippen molar-refractivity contribution in [2.75, 3.05) is 33.8 Å². The molecule has 1 aliphatic rings. The van der Waals surface area contributed by atoms with Gasteiger partial charge < -0.3 is 19.6 Å². The lowest BCUT2D eigenvalue weighted by atomic mass is 9.95. The number of carbonyl (C=O) groups excluding carboxylic acids is 2. The lowest BCUT2D eigenvalue weighted by Crippen LogP contribution is -2.32. The first-order valence-corrected chi connectivity index (χ1v) is 10.7. The zero-order chi connectivity index (χ0) is 23.3. The molecule has 2 aromatic carbocycles. The minimum absolute atomic E-state index is 0.0584. The number of hydrogen-bond acceptors (Lipinski definition) is 5. The van der Waals surface area contributed by atoms with E-state index in [1.165, 1.54) is 4.90 Å². The van der Waals surface area contributed by atoms with Crippen LogP contribution in [-0.2, 0) is 9.59 Å². The van der Waals surface area contributed by atoms with Gasteiger partial charge in [-0.05, 0) is 69.0 Å². The maximum absolute atomic E-state index is 13.0. The SMILES string of the molecule is C=CCOc1cccc([C@@H]2/C(=C(\O)c3ccc(Cl)cc3)C(=O)C(=O)N2CCCN(C)C)c1. The Balaban J connectivity index is 2.08. The average Bonchev–Trinajstić information content (AvgIpc) is 3.02. The highest BCUT2D eigenvalue weighted by atomic mass is 35.5. The summed E-state index contributed by atoms with van der Waals surface area (Å²) in [7, 11) is 3.90. The topological polar surface area (TPSA) is 70.1 Å². The molecule has 0 unspecified atom stereocenters. The number of nitrogens with zero attached hydrogens (tertiary/aromatic N) is 2. The molecule has 0 aliphatic carbocycles. The molecule has 1 amide bonds. The summed E-state index contributed by atoms with van der Waals surface area (Å²) in [5.74, 6) is -0.961. The Morgan fingerprint density at radius 2 is 1.94 bits per heavy atom. The summed E-state index contributed by atoms with van der Waals surface area (Å²) in [6, 6.07) is 13.0. The third kappa shape index (κ3) is 5.21. The highest BCUT2D eigenvalue weighted by Crippen LogP contribution is 2.40. The quantitative estimate of drug-likeness (QED) is 0.265. The van der Waals surface area contributed by atoms with Crippen LogP contribution in [0.15, 0.2) is 66.8 Å². The van der Waals surface area contributed by atoms with Gasteiger partial charge in [-0.3, -0.25) is 9.59 Å². The standard InChI is InChI=1S/C25H27ClN2O4/c1-4-15-32-20-8-5-7-18(16-20)22-21(23(29)17-9-11-19(26)12-10-17)24(30)25(31)28(22)14-6-13-27(2)3/h4-5,7-12,16,22,29H,1,6,13-15H2,2-3H3/b23-21+/t22-/m1/s1. The van der Waals surface area contributed by atoms with Gasteiger partial charge in [0, 0.05) is 17.1 Å². The number of ketones is 1. The fourth-order valence-corrected chi connectivity index (χ4v) is 3.83. The molecule has 1 fully saturated rings. The van der Waals surface area contributed by atoms with Crippen molar-refractivity contribution in [1.82, 2.24) is 9.80 Å². The molecule has 0 saturated carbocycles. The van der Waals surface area contributed by atoms with Crippen molar-refractivity contribution >= 4 is 29.1 Å². The van der Waals surface area contributed by atoms with Gasteiger partial charge in [0.05, 0.1) is 11.6 Å². The number of ether oxygens (including phenoxy) is 1. The van der Waals surface area contributed by atoms with Crippen LogP contribution in [0, 0.1) is 0 Å². The smallest absolute Gasteiger partial charge is 0.295 e. The molecule has 7 heteroatoms. The summed E-state index contributed by atoms with van der Waals surface area (Å²) in [6.45, 7) is 5.12. The number of amides is 1. The normalized spacial score (nSPS) is 17.8. The van der Waals surface area contributed by atoms with Crippen LogP contribution in [0.2, 0.25) is 5.02 Å². The Hall–Kier alpha value is -3.09. The van der Waals surface area contributed by atoms with Crippen molar-refractivity contribution in [3.8, 4) is 5.75 Å². The summed E-state index contributed by atoms with van der Waals surface area (Å²) in [5.41, 5.74) is 1.17. The van der Waals surface area contributed by atoms with E-state index in [-0.39, 0.29) is 11.3 Å². The summed E-state index contributed by atoms with van der Waals surface area (Å²) < 4.78 is 5.64. The fourth-order valence-electron chi connectivity index (χ4n) is 3.71. The van der Waals surface area contributed by atoms with Crippen molar-refractivity contribution in [2.45, 2.75) is 12.5 Å². The molecular weight excluding hydrogens is 428 g/mol. The maximum atomic E-state index is 13.0. The fraction of sp³-hybridized carbons (Fsp3) is 0.280. The van der Waals surface area contributed by atoms with E-state index < -0.39 is 17.7 Å². The van der Waals surface area contributed by atoms with E-state index in [1.54, 1.807) is 48.5 Å². The predicted molar refractivity (Wildman–Crippen MR) is 126 cm³/mol. The number of halogens is 1.